The maximum Gasteiger partial charge on any atom is 0.258 e. The van der Waals surface area contributed by atoms with Gasteiger partial charge in [0.15, 0.2) is 0 Å². The van der Waals surface area contributed by atoms with Gasteiger partial charge in [0.05, 0.1) is 22.7 Å². The van der Waals surface area contributed by atoms with Crippen molar-refractivity contribution in [3.8, 4) is 0 Å². The molecular formula is C24H19N3OS. The molecule has 0 aliphatic heterocycles. The average molecular weight is 398 g/mol. The van der Waals surface area contributed by atoms with E-state index in [1.807, 2.05) is 42.5 Å². The van der Waals surface area contributed by atoms with Gasteiger partial charge in [0.25, 0.3) is 5.91 Å². The number of hydrogen-bond acceptors (Lipinski definition) is 4. The zero-order chi connectivity index (χ0) is 19.9. The van der Waals surface area contributed by atoms with Gasteiger partial charge in [-0.25, -0.2) is 4.98 Å². The van der Waals surface area contributed by atoms with Crippen molar-refractivity contribution in [1.29, 1.82) is 0 Å². The number of carbonyl (C=O) groups is 1. The number of benzene rings is 2. The van der Waals surface area contributed by atoms with Crippen LogP contribution in [0.4, 0.5) is 5.69 Å². The molecule has 4 nitrogen and oxygen atoms in total. The number of anilines is 1. The van der Waals surface area contributed by atoms with Gasteiger partial charge in [-0.05, 0) is 35.4 Å². The lowest BCUT2D eigenvalue weighted by atomic mass is 10.0. The normalized spacial score (nSPS) is 10.7. The molecule has 5 heteroatoms. The molecule has 1 amide bonds. The maximum absolute atomic E-state index is 12.9. The Morgan fingerprint density at radius 2 is 1.45 bits per heavy atom. The third-order valence-electron chi connectivity index (χ3n) is 4.37. The van der Waals surface area contributed by atoms with E-state index in [9.17, 15) is 4.79 Å². The molecule has 0 saturated carbocycles. The number of thioether (sulfide) groups is 1. The standard InChI is InChI=1S/C24H19N3OS/c28-23(27-20-13-7-15-25-17-20)21-14-8-16-26-24(21)29-22(18-9-3-1-4-10-18)19-11-5-2-6-12-19/h1-17,22H,(H,27,28). The first-order valence-electron chi connectivity index (χ1n) is 9.24. The van der Waals surface area contributed by atoms with Crippen LogP contribution in [0.2, 0.25) is 0 Å². The second-order valence-electron chi connectivity index (χ2n) is 6.37. The van der Waals surface area contributed by atoms with Gasteiger partial charge in [0.2, 0.25) is 0 Å². The van der Waals surface area contributed by atoms with Gasteiger partial charge in [0.1, 0.15) is 5.03 Å². The van der Waals surface area contributed by atoms with Crippen LogP contribution in [0.1, 0.15) is 26.7 Å². The van der Waals surface area contributed by atoms with Crippen LogP contribution in [0.5, 0.6) is 0 Å². The number of aromatic nitrogens is 2. The first-order valence-corrected chi connectivity index (χ1v) is 10.1. The fourth-order valence-electron chi connectivity index (χ4n) is 2.99. The molecule has 0 radical (unpaired) electrons. The molecule has 0 spiro atoms. The van der Waals surface area contributed by atoms with E-state index < -0.39 is 0 Å². The number of hydrogen-bond donors (Lipinski definition) is 1. The lowest BCUT2D eigenvalue weighted by Gasteiger charge is -2.18. The zero-order valence-electron chi connectivity index (χ0n) is 15.6. The predicted octanol–water partition coefficient (Wildman–Crippen LogP) is 5.61. The third-order valence-corrected chi connectivity index (χ3v) is 5.70. The van der Waals surface area contributed by atoms with E-state index in [-0.39, 0.29) is 11.2 Å². The molecular weight excluding hydrogens is 378 g/mol. The van der Waals surface area contributed by atoms with E-state index in [0.717, 1.165) is 11.1 Å². The van der Waals surface area contributed by atoms with Gasteiger partial charge >= 0.3 is 0 Å². The summed E-state index contributed by atoms with van der Waals surface area (Å²) in [7, 11) is 0. The summed E-state index contributed by atoms with van der Waals surface area (Å²) in [5.41, 5.74) is 3.51. The molecule has 4 aromatic rings. The van der Waals surface area contributed by atoms with Gasteiger partial charge in [-0.15, -0.1) is 0 Å². The highest BCUT2D eigenvalue weighted by molar-refractivity contribution is 7.99. The maximum atomic E-state index is 12.9. The summed E-state index contributed by atoms with van der Waals surface area (Å²) in [6.07, 6.45) is 5.01. The molecule has 0 fully saturated rings. The molecule has 0 atom stereocenters. The summed E-state index contributed by atoms with van der Waals surface area (Å²) >= 11 is 1.57. The topological polar surface area (TPSA) is 54.9 Å². The van der Waals surface area contributed by atoms with Crippen LogP contribution in [-0.2, 0) is 0 Å². The highest BCUT2D eigenvalue weighted by Crippen LogP contribution is 2.40. The lowest BCUT2D eigenvalue weighted by Crippen LogP contribution is -2.14. The van der Waals surface area contributed by atoms with E-state index in [1.54, 1.807) is 48.6 Å². The van der Waals surface area contributed by atoms with E-state index >= 15 is 0 Å². The summed E-state index contributed by atoms with van der Waals surface area (Å²) in [5.74, 6) is -0.200. The van der Waals surface area contributed by atoms with Crippen LogP contribution in [0.15, 0.2) is 109 Å². The van der Waals surface area contributed by atoms with Crippen LogP contribution >= 0.6 is 11.8 Å². The Bertz CT molecular complexity index is 1030. The van der Waals surface area contributed by atoms with Gasteiger partial charge in [-0.3, -0.25) is 9.78 Å². The minimum absolute atomic E-state index is 0.0252. The molecule has 4 rings (SSSR count). The Morgan fingerprint density at radius 1 is 0.793 bits per heavy atom. The molecule has 0 bridgehead atoms. The second-order valence-corrected chi connectivity index (χ2v) is 7.47. The minimum atomic E-state index is -0.200. The fraction of sp³-hybridized carbons (Fsp3) is 0.0417. The van der Waals surface area contributed by atoms with Crippen molar-refractivity contribution in [1.82, 2.24) is 9.97 Å². The van der Waals surface area contributed by atoms with Gasteiger partial charge in [-0.1, -0.05) is 72.4 Å². The molecule has 2 aromatic heterocycles. The largest absolute Gasteiger partial charge is 0.321 e. The van der Waals surface area contributed by atoms with Crippen molar-refractivity contribution in [3.63, 3.8) is 0 Å². The molecule has 2 heterocycles. The zero-order valence-corrected chi connectivity index (χ0v) is 16.4. The van der Waals surface area contributed by atoms with Crippen LogP contribution < -0.4 is 5.32 Å². The minimum Gasteiger partial charge on any atom is -0.321 e. The van der Waals surface area contributed by atoms with Crippen molar-refractivity contribution >= 4 is 23.4 Å². The number of nitrogens with one attached hydrogen (secondary N) is 1. The Hall–Kier alpha value is -3.44. The highest BCUT2D eigenvalue weighted by Gasteiger charge is 2.20. The van der Waals surface area contributed by atoms with Crippen LogP contribution in [0.25, 0.3) is 0 Å². The van der Waals surface area contributed by atoms with Crippen LogP contribution in [0, 0.1) is 0 Å². The first-order chi connectivity index (χ1) is 14.3. The molecule has 2 aromatic carbocycles. The smallest absolute Gasteiger partial charge is 0.258 e. The SMILES string of the molecule is O=C(Nc1cccnc1)c1cccnc1SC(c1ccccc1)c1ccccc1. The Morgan fingerprint density at radius 3 is 2.07 bits per heavy atom. The Kier molecular flexibility index (Phi) is 5.98. The third kappa shape index (κ3) is 4.70. The molecule has 0 unspecified atom stereocenters. The van der Waals surface area contributed by atoms with Crippen molar-refractivity contribution in [2.75, 3.05) is 5.32 Å². The number of pyridine rings is 2. The summed E-state index contributed by atoms with van der Waals surface area (Å²) in [6.45, 7) is 0. The van der Waals surface area contributed by atoms with Gasteiger partial charge in [0, 0.05) is 12.4 Å². The van der Waals surface area contributed by atoms with E-state index in [0.29, 0.717) is 16.3 Å². The molecule has 0 aliphatic carbocycles. The molecule has 1 N–H and O–H groups in total. The van der Waals surface area contributed by atoms with Gasteiger partial charge in [-0.2, -0.15) is 0 Å². The Labute approximate surface area is 174 Å². The molecule has 0 aliphatic rings. The van der Waals surface area contributed by atoms with Crippen molar-refractivity contribution in [3.05, 3.63) is 120 Å². The number of carbonyl (C=O) groups excluding carboxylic acids is 1. The van der Waals surface area contributed by atoms with Crippen molar-refractivity contribution in [2.45, 2.75) is 10.3 Å². The molecule has 142 valence electrons. The number of rotatable bonds is 6. The van der Waals surface area contributed by atoms with Crippen molar-refractivity contribution < 1.29 is 4.79 Å². The number of amides is 1. The monoisotopic (exact) mass is 397 g/mol. The van der Waals surface area contributed by atoms with Crippen LogP contribution in [0.3, 0.4) is 0 Å². The predicted molar refractivity (Wildman–Crippen MR) is 117 cm³/mol. The van der Waals surface area contributed by atoms with E-state index in [2.05, 4.69) is 39.6 Å². The lowest BCUT2D eigenvalue weighted by molar-refractivity contribution is 0.102. The van der Waals surface area contributed by atoms with Crippen molar-refractivity contribution in [2.24, 2.45) is 0 Å². The number of nitrogens with zero attached hydrogens (tertiary/aromatic N) is 2. The van der Waals surface area contributed by atoms with Crippen LogP contribution in [-0.4, -0.2) is 15.9 Å². The summed E-state index contributed by atoms with van der Waals surface area (Å²) in [6, 6.07) is 27.7. The Balaban J connectivity index is 1.66. The molecule has 0 saturated heterocycles. The van der Waals surface area contributed by atoms with E-state index in [1.165, 1.54) is 0 Å². The van der Waals surface area contributed by atoms with Gasteiger partial charge < -0.3 is 5.32 Å². The van der Waals surface area contributed by atoms with E-state index in [4.69, 9.17) is 0 Å². The second kappa shape index (κ2) is 9.17. The first kappa shape index (κ1) is 18.9. The highest BCUT2D eigenvalue weighted by atomic mass is 32.2. The average Bonchev–Trinajstić information content (AvgIpc) is 2.79. The molecule has 29 heavy (non-hydrogen) atoms. The summed E-state index contributed by atoms with van der Waals surface area (Å²) < 4.78 is 0. The fourth-order valence-corrected chi connectivity index (χ4v) is 4.21. The summed E-state index contributed by atoms with van der Waals surface area (Å²) in [5, 5.41) is 3.61. The summed E-state index contributed by atoms with van der Waals surface area (Å²) in [4.78, 5) is 21.5. The quantitative estimate of drug-likeness (QED) is 0.430.